The highest BCUT2D eigenvalue weighted by Crippen LogP contribution is 2.27. The molecule has 158 valence electrons. The summed E-state index contributed by atoms with van der Waals surface area (Å²) < 4.78 is 12.3. The summed E-state index contributed by atoms with van der Waals surface area (Å²) in [5, 5.41) is 7.37. The smallest absolute Gasteiger partial charge is 0.256 e. The number of nitrogens with zero attached hydrogens (tertiary/aromatic N) is 3. The van der Waals surface area contributed by atoms with Crippen molar-refractivity contribution in [3.8, 4) is 22.8 Å². The van der Waals surface area contributed by atoms with Gasteiger partial charge in [0.2, 0.25) is 0 Å². The largest absolute Gasteiger partial charge is 0.493 e. The molecule has 2 heterocycles. The Balaban J connectivity index is 1.49. The number of hydrogen-bond donors (Lipinski definition) is 1. The molecule has 31 heavy (non-hydrogen) atoms. The molecule has 0 saturated heterocycles. The number of methoxy groups -OCH3 is 2. The van der Waals surface area contributed by atoms with Crippen LogP contribution in [0, 0.1) is 6.92 Å². The fourth-order valence-electron chi connectivity index (χ4n) is 3.53. The Morgan fingerprint density at radius 1 is 1.06 bits per heavy atom. The Bertz CT molecular complexity index is 1230. The number of fused-ring (bicyclic) bond motifs is 1. The van der Waals surface area contributed by atoms with Crippen LogP contribution in [0.15, 0.2) is 60.9 Å². The molecule has 7 nitrogen and oxygen atoms in total. The number of aryl methyl sites for hydroxylation is 1. The van der Waals surface area contributed by atoms with Gasteiger partial charge < -0.3 is 14.8 Å². The van der Waals surface area contributed by atoms with Gasteiger partial charge >= 0.3 is 0 Å². The van der Waals surface area contributed by atoms with E-state index in [-0.39, 0.29) is 5.91 Å². The molecule has 7 heteroatoms. The second-order valence-corrected chi connectivity index (χ2v) is 7.19. The predicted octanol–water partition coefficient (Wildman–Crippen LogP) is 3.69. The first-order valence-electron chi connectivity index (χ1n) is 9.99. The number of benzene rings is 2. The zero-order chi connectivity index (χ0) is 21.8. The molecule has 4 rings (SSSR count). The molecule has 0 spiro atoms. The molecule has 0 aliphatic rings. The van der Waals surface area contributed by atoms with E-state index in [0.29, 0.717) is 35.7 Å². The number of carbonyl (C=O) groups is 1. The maximum atomic E-state index is 12.8. The number of ether oxygens (including phenoxy) is 2. The summed E-state index contributed by atoms with van der Waals surface area (Å²) in [6.45, 7) is 2.52. The molecule has 2 aromatic carbocycles. The van der Waals surface area contributed by atoms with Gasteiger partial charge in [-0.3, -0.25) is 4.79 Å². The lowest BCUT2D eigenvalue weighted by Crippen LogP contribution is -2.25. The van der Waals surface area contributed by atoms with E-state index in [0.717, 1.165) is 22.4 Å². The standard InChI is InChI=1S/C24H24N4O3/c1-16-5-4-6-18(13-16)20-10-12-25-23-19(15-27-28(20)23)24(29)26-11-9-17-7-8-21(30-2)22(14-17)31-3/h4-8,10,12-15H,9,11H2,1-3H3,(H,26,29). The third-order valence-electron chi connectivity index (χ3n) is 5.11. The van der Waals surface area contributed by atoms with Crippen LogP contribution in [0.2, 0.25) is 0 Å². The summed E-state index contributed by atoms with van der Waals surface area (Å²) in [5.74, 6) is 1.14. The van der Waals surface area contributed by atoms with Crippen molar-refractivity contribution in [1.82, 2.24) is 19.9 Å². The molecule has 4 aromatic rings. The van der Waals surface area contributed by atoms with Gasteiger partial charge in [-0.2, -0.15) is 5.10 Å². The minimum absolute atomic E-state index is 0.204. The monoisotopic (exact) mass is 416 g/mol. The molecule has 1 amide bonds. The highest BCUT2D eigenvalue weighted by atomic mass is 16.5. The maximum absolute atomic E-state index is 12.8. The van der Waals surface area contributed by atoms with E-state index in [2.05, 4.69) is 21.5 Å². The second kappa shape index (κ2) is 8.87. The lowest BCUT2D eigenvalue weighted by Gasteiger charge is -2.10. The third-order valence-corrected chi connectivity index (χ3v) is 5.11. The van der Waals surface area contributed by atoms with Gasteiger partial charge in [-0.1, -0.05) is 29.8 Å². The van der Waals surface area contributed by atoms with Crippen molar-refractivity contribution in [1.29, 1.82) is 0 Å². The summed E-state index contributed by atoms with van der Waals surface area (Å²) in [5.41, 5.74) is 5.08. The van der Waals surface area contributed by atoms with Gasteiger partial charge in [-0.05, 0) is 43.2 Å². The number of hydrogen-bond acceptors (Lipinski definition) is 5. The van der Waals surface area contributed by atoms with Gasteiger partial charge in [0.25, 0.3) is 5.91 Å². The van der Waals surface area contributed by atoms with Gasteiger partial charge in [0.05, 0.1) is 26.1 Å². The van der Waals surface area contributed by atoms with E-state index >= 15 is 0 Å². The zero-order valence-corrected chi connectivity index (χ0v) is 17.8. The Labute approximate surface area is 180 Å². The van der Waals surface area contributed by atoms with E-state index < -0.39 is 0 Å². The maximum Gasteiger partial charge on any atom is 0.256 e. The summed E-state index contributed by atoms with van der Waals surface area (Å²) in [4.78, 5) is 17.2. The number of amides is 1. The van der Waals surface area contributed by atoms with Crippen molar-refractivity contribution in [3.05, 3.63) is 77.6 Å². The number of nitrogens with one attached hydrogen (secondary N) is 1. The van der Waals surface area contributed by atoms with Crippen molar-refractivity contribution in [3.63, 3.8) is 0 Å². The van der Waals surface area contributed by atoms with Crippen LogP contribution in [0.3, 0.4) is 0 Å². The molecule has 2 aromatic heterocycles. The number of aromatic nitrogens is 3. The number of rotatable bonds is 7. The van der Waals surface area contributed by atoms with Crippen molar-refractivity contribution in [2.24, 2.45) is 0 Å². The highest BCUT2D eigenvalue weighted by Gasteiger charge is 2.16. The van der Waals surface area contributed by atoms with Crippen LogP contribution >= 0.6 is 0 Å². The van der Waals surface area contributed by atoms with Gasteiger partial charge in [0.1, 0.15) is 5.56 Å². The minimum Gasteiger partial charge on any atom is -0.493 e. The molecular weight excluding hydrogens is 392 g/mol. The molecule has 0 fully saturated rings. The molecule has 0 bridgehead atoms. The van der Waals surface area contributed by atoms with E-state index in [9.17, 15) is 4.79 Å². The SMILES string of the molecule is COc1ccc(CCNC(=O)c2cnn3c(-c4cccc(C)c4)ccnc23)cc1OC. The highest BCUT2D eigenvalue weighted by molar-refractivity contribution is 5.99. The van der Waals surface area contributed by atoms with Crippen LogP contribution in [-0.2, 0) is 6.42 Å². The Morgan fingerprint density at radius 3 is 2.68 bits per heavy atom. The number of carbonyl (C=O) groups excluding carboxylic acids is 1. The van der Waals surface area contributed by atoms with Crippen molar-refractivity contribution in [2.45, 2.75) is 13.3 Å². The zero-order valence-electron chi connectivity index (χ0n) is 17.8. The minimum atomic E-state index is -0.204. The molecule has 0 radical (unpaired) electrons. The summed E-state index contributed by atoms with van der Waals surface area (Å²) in [6.07, 6.45) is 3.93. The molecule has 0 aliphatic carbocycles. The van der Waals surface area contributed by atoms with Gasteiger partial charge in [0, 0.05) is 18.3 Å². The Morgan fingerprint density at radius 2 is 1.90 bits per heavy atom. The third kappa shape index (κ3) is 4.21. The van der Waals surface area contributed by atoms with Crippen LogP contribution in [0.5, 0.6) is 11.5 Å². The lowest BCUT2D eigenvalue weighted by atomic mass is 10.1. The Hall–Kier alpha value is -3.87. The van der Waals surface area contributed by atoms with E-state index in [4.69, 9.17) is 9.47 Å². The lowest BCUT2D eigenvalue weighted by molar-refractivity contribution is 0.0955. The van der Waals surface area contributed by atoms with Gasteiger partial charge in [-0.15, -0.1) is 0 Å². The van der Waals surface area contributed by atoms with Crippen LogP contribution in [0.1, 0.15) is 21.5 Å². The molecule has 1 N–H and O–H groups in total. The van der Waals surface area contributed by atoms with Crippen LogP contribution in [-0.4, -0.2) is 41.3 Å². The summed E-state index contributed by atoms with van der Waals surface area (Å²) >= 11 is 0. The normalized spacial score (nSPS) is 10.8. The fourth-order valence-corrected chi connectivity index (χ4v) is 3.53. The average molecular weight is 416 g/mol. The molecule has 0 saturated carbocycles. The van der Waals surface area contributed by atoms with E-state index in [1.54, 1.807) is 31.1 Å². The Kier molecular flexibility index (Phi) is 5.84. The second-order valence-electron chi connectivity index (χ2n) is 7.19. The van der Waals surface area contributed by atoms with E-state index in [1.165, 1.54) is 0 Å². The first-order chi connectivity index (χ1) is 15.1. The summed E-state index contributed by atoms with van der Waals surface area (Å²) in [7, 11) is 3.21. The van der Waals surface area contributed by atoms with Crippen LogP contribution in [0.4, 0.5) is 0 Å². The van der Waals surface area contributed by atoms with Crippen LogP contribution < -0.4 is 14.8 Å². The van der Waals surface area contributed by atoms with Crippen LogP contribution in [0.25, 0.3) is 16.9 Å². The molecule has 0 atom stereocenters. The molecular formula is C24H24N4O3. The van der Waals surface area contributed by atoms with Gasteiger partial charge in [0.15, 0.2) is 17.1 Å². The van der Waals surface area contributed by atoms with Crippen molar-refractivity contribution in [2.75, 3.05) is 20.8 Å². The van der Waals surface area contributed by atoms with E-state index in [1.807, 2.05) is 49.4 Å². The quantitative estimate of drug-likeness (QED) is 0.497. The van der Waals surface area contributed by atoms with Crippen molar-refractivity contribution < 1.29 is 14.3 Å². The predicted molar refractivity (Wildman–Crippen MR) is 119 cm³/mol. The van der Waals surface area contributed by atoms with Crippen molar-refractivity contribution >= 4 is 11.6 Å². The first-order valence-corrected chi connectivity index (χ1v) is 9.99. The topological polar surface area (TPSA) is 77.8 Å². The first kappa shape index (κ1) is 20.4. The summed E-state index contributed by atoms with van der Waals surface area (Å²) in [6, 6.07) is 15.8. The average Bonchev–Trinajstić information content (AvgIpc) is 3.23. The fraction of sp³-hybridized carbons (Fsp3) is 0.208. The molecule has 0 aliphatic heterocycles. The molecule has 0 unspecified atom stereocenters. The van der Waals surface area contributed by atoms with Gasteiger partial charge in [-0.25, -0.2) is 9.50 Å².